The number of aliphatic hydroxyl groups is 1. The predicted molar refractivity (Wildman–Crippen MR) is 77.2 cm³/mol. The van der Waals surface area contributed by atoms with Crippen LogP contribution in [0.5, 0.6) is 0 Å². The van der Waals surface area contributed by atoms with E-state index in [2.05, 4.69) is 39.8 Å². The van der Waals surface area contributed by atoms with Crippen molar-refractivity contribution in [2.24, 2.45) is 5.92 Å². The van der Waals surface area contributed by atoms with Gasteiger partial charge in [0, 0.05) is 5.92 Å². The minimum atomic E-state index is -0.421. The third kappa shape index (κ3) is 1.93. The summed E-state index contributed by atoms with van der Waals surface area (Å²) in [5, 5.41) is 9.93. The summed E-state index contributed by atoms with van der Waals surface area (Å²) >= 11 is 0. The molecule has 0 saturated heterocycles. The Labute approximate surface area is 110 Å². The summed E-state index contributed by atoms with van der Waals surface area (Å²) < 4.78 is 0. The summed E-state index contributed by atoms with van der Waals surface area (Å²) in [7, 11) is 0. The SMILES string of the molecule is CC1=C(C)C(C)C(c2ccccc2C(C)O)=C1C. The minimum Gasteiger partial charge on any atom is -0.389 e. The first kappa shape index (κ1) is 13.1. The minimum absolute atomic E-state index is 0.421. The van der Waals surface area contributed by atoms with Gasteiger partial charge in [0.15, 0.2) is 0 Å². The van der Waals surface area contributed by atoms with E-state index in [0.717, 1.165) is 5.56 Å². The fourth-order valence-corrected chi connectivity index (χ4v) is 2.91. The molecule has 1 aromatic rings. The molecule has 1 N–H and O–H groups in total. The van der Waals surface area contributed by atoms with Crippen LogP contribution in [-0.2, 0) is 0 Å². The van der Waals surface area contributed by atoms with Crippen LogP contribution in [-0.4, -0.2) is 5.11 Å². The number of hydrogen-bond donors (Lipinski definition) is 1. The first-order valence-electron chi connectivity index (χ1n) is 6.61. The van der Waals surface area contributed by atoms with Crippen LogP contribution < -0.4 is 0 Å². The van der Waals surface area contributed by atoms with E-state index >= 15 is 0 Å². The van der Waals surface area contributed by atoms with Crippen LogP contribution in [0, 0.1) is 5.92 Å². The van der Waals surface area contributed by atoms with Crippen molar-refractivity contribution in [1.82, 2.24) is 0 Å². The van der Waals surface area contributed by atoms with Crippen LogP contribution in [0.1, 0.15) is 51.8 Å². The molecule has 1 heteroatoms. The smallest absolute Gasteiger partial charge is 0.0767 e. The van der Waals surface area contributed by atoms with E-state index in [0.29, 0.717) is 5.92 Å². The zero-order chi connectivity index (χ0) is 13.4. The van der Waals surface area contributed by atoms with Crippen LogP contribution >= 0.6 is 0 Å². The maximum Gasteiger partial charge on any atom is 0.0767 e. The van der Waals surface area contributed by atoms with Gasteiger partial charge in [-0.05, 0) is 55.5 Å². The Morgan fingerprint density at radius 2 is 1.67 bits per heavy atom. The Morgan fingerprint density at radius 1 is 1.06 bits per heavy atom. The van der Waals surface area contributed by atoms with Crippen LogP contribution in [0.25, 0.3) is 5.57 Å². The van der Waals surface area contributed by atoms with Crippen molar-refractivity contribution in [1.29, 1.82) is 0 Å². The van der Waals surface area contributed by atoms with E-state index in [1.54, 1.807) is 0 Å². The fraction of sp³-hybridized carbons (Fsp3) is 0.412. The van der Waals surface area contributed by atoms with Crippen LogP contribution in [0.4, 0.5) is 0 Å². The van der Waals surface area contributed by atoms with Gasteiger partial charge in [0.05, 0.1) is 6.10 Å². The van der Waals surface area contributed by atoms with Gasteiger partial charge in [-0.1, -0.05) is 36.8 Å². The van der Waals surface area contributed by atoms with Crippen LogP contribution in [0.2, 0.25) is 0 Å². The molecule has 0 spiro atoms. The predicted octanol–water partition coefficient (Wildman–Crippen LogP) is 4.50. The van der Waals surface area contributed by atoms with E-state index in [1.165, 1.54) is 27.9 Å². The standard InChI is InChI=1S/C17H22O/c1-10-11(2)13(4)17(12(10)3)16-9-7-6-8-15(16)14(5)18/h6-9,12,14,18H,1-5H3. The highest BCUT2D eigenvalue weighted by Crippen LogP contribution is 2.43. The second kappa shape index (κ2) is 4.74. The number of aliphatic hydroxyl groups excluding tert-OH is 1. The summed E-state index contributed by atoms with van der Waals surface area (Å²) in [5.41, 5.74) is 7.82. The molecule has 2 atom stereocenters. The second-order valence-corrected chi connectivity index (χ2v) is 5.33. The van der Waals surface area contributed by atoms with Gasteiger partial charge < -0.3 is 5.11 Å². The number of allylic oxidation sites excluding steroid dienone is 4. The Morgan fingerprint density at radius 3 is 2.17 bits per heavy atom. The monoisotopic (exact) mass is 242 g/mol. The number of rotatable bonds is 2. The fourth-order valence-electron chi connectivity index (χ4n) is 2.91. The summed E-state index contributed by atoms with van der Waals surface area (Å²) in [5.74, 6) is 0.449. The van der Waals surface area contributed by atoms with Crippen molar-refractivity contribution in [3.8, 4) is 0 Å². The van der Waals surface area contributed by atoms with Gasteiger partial charge in [0.1, 0.15) is 0 Å². The van der Waals surface area contributed by atoms with Crippen molar-refractivity contribution in [3.05, 3.63) is 52.1 Å². The molecule has 0 aromatic heterocycles. The summed E-state index contributed by atoms with van der Waals surface area (Å²) in [6, 6.07) is 8.20. The highest BCUT2D eigenvalue weighted by atomic mass is 16.3. The third-order valence-electron chi connectivity index (χ3n) is 4.34. The zero-order valence-electron chi connectivity index (χ0n) is 11.9. The molecule has 96 valence electrons. The third-order valence-corrected chi connectivity index (χ3v) is 4.34. The molecule has 0 fully saturated rings. The van der Waals surface area contributed by atoms with Gasteiger partial charge >= 0.3 is 0 Å². The molecule has 18 heavy (non-hydrogen) atoms. The summed E-state index contributed by atoms with van der Waals surface area (Å²) in [4.78, 5) is 0. The maximum atomic E-state index is 9.93. The average Bonchev–Trinajstić information content (AvgIpc) is 2.54. The average molecular weight is 242 g/mol. The molecule has 0 saturated carbocycles. The Kier molecular flexibility index (Phi) is 3.45. The lowest BCUT2D eigenvalue weighted by molar-refractivity contribution is 0.199. The summed E-state index contributed by atoms with van der Waals surface area (Å²) in [6.45, 7) is 10.7. The lowest BCUT2D eigenvalue weighted by atomic mass is 9.87. The maximum absolute atomic E-state index is 9.93. The van der Waals surface area contributed by atoms with Gasteiger partial charge in [0.2, 0.25) is 0 Å². The molecule has 0 amide bonds. The van der Waals surface area contributed by atoms with E-state index in [9.17, 15) is 5.11 Å². The normalized spacial score (nSPS) is 21.8. The van der Waals surface area contributed by atoms with Crippen LogP contribution in [0.3, 0.4) is 0 Å². The highest BCUT2D eigenvalue weighted by molar-refractivity contribution is 5.81. The van der Waals surface area contributed by atoms with Crippen molar-refractivity contribution < 1.29 is 5.11 Å². The van der Waals surface area contributed by atoms with Crippen molar-refractivity contribution in [2.45, 2.75) is 40.7 Å². The molecule has 2 rings (SSSR count). The molecule has 1 aliphatic rings. The molecule has 0 aliphatic heterocycles. The van der Waals surface area contributed by atoms with Gasteiger partial charge in [-0.15, -0.1) is 0 Å². The molecule has 2 unspecified atom stereocenters. The molecular formula is C17H22O. The van der Waals surface area contributed by atoms with Gasteiger partial charge in [-0.25, -0.2) is 0 Å². The van der Waals surface area contributed by atoms with Crippen molar-refractivity contribution >= 4 is 5.57 Å². The van der Waals surface area contributed by atoms with Crippen LogP contribution in [0.15, 0.2) is 41.0 Å². The lowest BCUT2D eigenvalue weighted by Gasteiger charge is -2.18. The molecule has 1 aromatic carbocycles. The van der Waals surface area contributed by atoms with Gasteiger partial charge in [-0.3, -0.25) is 0 Å². The van der Waals surface area contributed by atoms with Crippen molar-refractivity contribution in [3.63, 3.8) is 0 Å². The first-order chi connectivity index (χ1) is 8.45. The Balaban J connectivity index is 2.59. The molecule has 1 nitrogen and oxygen atoms in total. The number of hydrogen-bond acceptors (Lipinski definition) is 1. The Hall–Kier alpha value is -1.34. The van der Waals surface area contributed by atoms with E-state index < -0.39 is 6.10 Å². The lowest BCUT2D eigenvalue weighted by Crippen LogP contribution is -2.03. The van der Waals surface area contributed by atoms with Gasteiger partial charge in [-0.2, -0.15) is 0 Å². The molecule has 0 heterocycles. The zero-order valence-corrected chi connectivity index (χ0v) is 11.9. The molecule has 0 radical (unpaired) electrons. The van der Waals surface area contributed by atoms with E-state index in [-0.39, 0.29) is 0 Å². The number of benzene rings is 1. The van der Waals surface area contributed by atoms with E-state index in [4.69, 9.17) is 0 Å². The molecular weight excluding hydrogens is 220 g/mol. The Bertz CT molecular complexity index is 532. The molecule has 0 bridgehead atoms. The van der Waals surface area contributed by atoms with E-state index in [1.807, 2.05) is 19.1 Å². The first-order valence-corrected chi connectivity index (χ1v) is 6.61. The second-order valence-electron chi connectivity index (χ2n) is 5.33. The van der Waals surface area contributed by atoms with Crippen molar-refractivity contribution in [2.75, 3.05) is 0 Å². The van der Waals surface area contributed by atoms with Gasteiger partial charge in [0.25, 0.3) is 0 Å². The molecule has 1 aliphatic carbocycles. The largest absolute Gasteiger partial charge is 0.389 e. The quantitative estimate of drug-likeness (QED) is 0.809. The topological polar surface area (TPSA) is 20.2 Å². The highest BCUT2D eigenvalue weighted by Gasteiger charge is 2.26. The summed E-state index contributed by atoms with van der Waals surface area (Å²) in [6.07, 6.45) is -0.421.